The third-order valence-corrected chi connectivity index (χ3v) is 6.19. The zero-order valence-electron chi connectivity index (χ0n) is 19.6. The summed E-state index contributed by atoms with van der Waals surface area (Å²) in [4.78, 5) is 12.1. The van der Waals surface area contributed by atoms with Gasteiger partial charge >= 0.3 is 5.97 Å². The van der Waals surface area contributed by atoms with Crippen molar-refractivity contribution in [3.63, 3.8) is 0 Å². The molecule has 2 unspecified atom stereocenters. The zero-order chi connectivity index (χ0) is 22.1. The van der Waals surface area contributed by atoms with Crippen LogP contribution < -0.4 is 9.47 Å². The number of hydrogen-bond donors (Lipinski definition) is 0. The van der Waals surface area contributed by atoms with Crippen molar-refractivity contribution in [1.29, 1.82) is 0 Å². The van der Waals surface area contributed by atoms with Gasteiger partial charge in [0.25, 0.3) is 0 Å². The van der Waals surface area contributed by atoms with Gasteiger partial charge in [-0.05, 0) is 61.1 Å². The highest BCUT2D eigenvalue weighted by Crippen LogP contribution is 2.34. The largest absolute Gasteiger partial charge is 0.493 e. The van der Waals surface area contributed by atoms with Gasteiger partial charge in [-0.3, -0.25) is 4.79 Å². The summed E-state index contributed by atoms with van der Waals surface area (Å²) < 4.78 is 22.1. The number of methoxy groups -OCH3 is 2. The van der Waals surface area contributed by atoms with E-state index in [1.54, 1.807) is 14.2 Å². The van der Waals surface area contributed by atoms with Gasteiger partial charge in [0.1, 0.15) is 6.10 Å². The van der Waals surface area contributed by atoms with E-state index < -0.39 is 0 Å². The van der Waals surface area contributed by atoms with Crippen LogP contribution in [-0.4, -0.2) is 39.5 Å². The first kappa shape index (κ1) is 24.5. The topological polar surface area (TPSA) is 54.0 Å². The van der Waals surface area contributed by atoms with Crippen molar-refractivity contribution >= 4 is 5.97 Å². The van der Waals surface area contributed by atoms with E-state index in [9.17, 15) is 4.79 Å². The Morgan fingerprint density at radius 3 is 2.47 bits per heavy atom. The third kappa shape index (κ3) is 7.19. The summed E-state index contributed by atoms with van der Waals surface area (Å²) in [5.41, 5.74) is 1.25. The SMILES string of the molecule is COCCCOc1cc(CC(CCC2C[C@@H](C(C)C)C(=O)O2)C(C)C)ccc1OC. The molecule has 0 amide bonds. The molecule has 1 heterocycles. The molecule has 1 aliphatic rings. The Balaban J connectivity index is 1.96. The maximum absolute atomic E-state index is 12.1. The van der Waals surface area contributed by atoms with E-state index in [4.69, 9.17) is 18.9 Å². The Morgan fingerprint density at radius 1 is 1.10 bits per heavy atom. The van der Waals surface area contributed by atoms with Gasteiger partial charge in [0, 0.05) is 20.1 Å². The molecule has 0 bridgehead atoms. The molecule has 5 nitrogen and oxygen atoms in total. The molecule has 1 fully saturated rings. The van der Waals surface area contributed by atoms with Crippen LogP contribution >= 0.6 is 0 Å². The molecule has 0 aliphatic carbocycles. The molecule has 1 aromatic carbocycles. The lowest BCUT2D eigenvalue weighted by Gasteiger charge is -2.23. The summed E-state index contributed by atoms with van der Waals surface area (Å²) >= 11 is 0. The minimum Gasteiger partial charge on any atom is -0.493 e. The quantitative estimate of drug-likeness (QED) is 0.320. The average molecular weight is 421 g/mol. The number of hydrogen-bond acceptors (Lipinski definition) is 5. The molecule has 1 aromatic rings. The van der Waals surface area contributed by atoms with Crippen molar-refractivity contribution in [3.05, 3.63) is 23.8 Å². The molecule has 5 heteroatoms. The van der Waals surface area contributed by atoms with Gasteiger partial charge in [0.05, 0.1) is 19.6 Å². The molecule has 1 saturated heterocycles. The lowest BCUT2D eigenvalue weighted by molar-refractivity contribution is -0.145. The molecule has 3 atom stereocenters. The second kappa shape index (κ2) is 12.2. The number of benzene rings is 1. The van der Waals surface area contributed by atoms with Gasteiger partial charge in [0.2, 0.25) is 0 Å². The van der Waals surface area contributed by atoms with Crippen LogP contribution in [0.5, 0.6) is 11.5 Å². The summed E-state index contributed by atoms with van der Waals surface area (Å²) in [6.07, 6.45) is 4.75. The van der Waals surface area contributed by atoms with Crippen LogP contribution in [0, 0.1) is 23.7 Å². The highest BCUT2D eigenvalue weighted by Gasteiger charge is 2.36. The fourth-order valence-electron chi connectivity index (χ4n) is 4.12. The molecule has 170 valence electrons. The predicted molar refractivity (Wildman–Crippen MR) is 119 cm³/mol. The Labute approximate surface area is 182 Å². The number of carbonyl (C=O) groups excluding carboxylic acids is 1. The van der Waals surface area contributed by atoms with E-state index in [1.165, 1.54) is 5.56 Å². The molecule has 0 spiro atoms. The first-order chi connectivity index (χ1) is 14.3. The van der Waals surface area contributed by atoms with Gasteiger partial charge in [-0.2, -0.15) is 0 Å². The number of cyclic esters (lactones) is 1. The lowest BCUT2D eigenvalue weighted by Crippen LogP contribution is -2.16. The fourth-order valence-corrected chi connectivity index (χ4v) is 4.12. The van der Waals surface area contributed by atoms with Crippen molar-refractivity contribution in [2.45, 2.75) is 65.9 Å². The van der Waals surface area contributed by atoms with E-state index >= 15 is 0 Å². The Hall–Kier alpha value is -1.75. The van der Waals surface area contributed by atoms with Crippen molar-refractivity contribution < 1.29 is 23.7 Å². The third-order valence-electron chi connectivity index (χ3n) is 6.19. The first-order valence-corrected chi connectivity index (χ1v) is 11.3. The van der Waals surface area contributed by atoms with E-state index in [-0.39, 0.29) is 18.0 Å². The summed E-state index contributed by atoms with van der Waals surface area (Å²) in [5.74, 6) is 3.03. The van der Waals surface area contributed by atoms with Crippen molar-refractivity contribution in [2.24, 2.45) is 23.7 Å². The predicted octanol–water partition coefficient (Wildman–Crippen LogP) is 5.29. The van der Waals surface area contributed by atoms with Crippen molar-refractivity contribution in [3.8, 4) is 11.5 Å². The van der Waals surface area contributed by atoms with Crippen LogP contribution in [0.3, 0.4) is 0 Å². The lowest BCUT2D eigenvalue weighted by atomic mass is 9.83. The number of rotatable bonds is 13. The molecular weight excluding hydrogens is 380 g/mol. The Morgan fingerprint density at radius 2 is 1.87 bits per heavy atom. The first-order valence-electron chi connectivity index (χ1n) is 11.3. The maximum atomic E-state index is 12.1. The Bertz CT molecular complexity index is 655. The highest BCUT2D eigenvalue weighted by molar-refractivity contribution is 5.74. The molecule has 0 radical (unpaired) electrons. The maximum Gasteiger partial charge on any atom is 0.309 e. The van der Waals surface area contributed by atoms with Gasteiger partial charge in [0.15, 0.2) is 11.5 Å². The molecule has 2 rings (SSSR count). The highest BCUT2D eigenvalue weighted by atomic mass is 16.6. The van der Waals surface area contributed by atoms with Crippen LogP contribution in [0.4, 0.5) is 0 Å². The van der Waals surface area contributed by atoms with Gasteiger partial charge in [-0.15, -0.1) is 0 Å². The Kier molecular flexibility index (Phi) is 9.96. The van der Waals surface area contributed by atoms with Crippen molar-refractivity contribution in [2.75, 3.05) is 27.4 Å². The number of carbonyl (C=O) groups is 1. The molecular formula is C25H40O5. The molecule has 0 saturated carbocycles. The monoisotopic (exact) mass is 420 g/mol. The van der Waals surface area contributed by atoms with Crippen LogP contribution in [-0.2, 0) is 20.7 Å². The smallest absolute Gasteiger partial charge is 0.309 e. The van der Waals surface area contributed by atoms with E-state index in [2.05, 4.69) is 39.8 Å². The molecule has 1 aliphatic heterocycles. The average Bonchev–Trinajstić information content (AvgIpc) is 3.09. The second-order valence-electron chi connectivity index (χ2n) is 9.11. The molecule has 0 aromatic heterocycles. The second-order valence-corrected chi connectivity index (χ2v) is 9.11. The van der Waals surface area contributed by atoms with Gasteiger partial charge in [-0.25, -0.2) is 0 Å². The zero-order valence-corrected chi connectivity index (χ0v) is 19.6. The molecule has 0 N–H and O–H groups in total. The van der Waals surface area contributed by atoms with Gasteiger partial charge in [-0.1, -0.05) is 33.8 Å². The normalized spacial score (nSPS) is 19.9. The van der Waals surface area contributed by atoms with Crippen LogP contribution in [0.1, 0.15) is 58.9 Å². The fraction of sp³-hybridized carbons (Fsp3) is 0.720. The van der Waals surface area contributed by atoms with Crippen LogP contribution in [0.15, 0.2) is 18.2 Å². The summed E-state index contributed by atoms with van der Waals surface area (Å²) in [6, 6.07) is 6.22. The number of esters is 1. The van der Waals surface area contributed by atoms with Crippen LogP contribution in [0.25, 0.3) is 0 Å². The standard InChI is InChI=1S/C25H40O5/c1-17(2)20(9-10-21-16-22(18(3)4)25(26)30-21)14-19-8-11-23(28-6)24(15-19)29-13-7-12-27-5/h8,11,15,17-18,20-22H,7,9-10,12-14,16H2,1-6H3/t20?,21?,22-/m0/s1. The number of ether oxygens (including phenoxy) is 4. The van der Waals surface area contributed by atoms with E-state index in [1.807, 2.05) is 6.07 Å². The van der Waals surface area contributed by atoms with E-state index in [0.29, 0.717) is 31.0 Å². The van der Waals surface area contributed by atoms with Crippen molar-refractivity contribution in [1.82, 2.24) is 0 Å². The minimum absolute atomic E-state index is 0.0125. The van der Waals surface area contributed by atoms with E-state index in [0.717, 1.165) is 43.6 Å². The summed E-state index contributed by atoms with van der Waals surface area (Å²) in [5, 5.41) is 0. The summed E-state index contributed by atoms with van der Waals surface area (Å²) in [6.45, 7) is 10.0. The van der Waals surface area contributed by atoms with Crippen LogP contribution in [0.2, 0.25) is 0 Å². The minimum atomic E-state index is -0.0125. The van der Waals surface area contributed by atoms with Gasteiger partial charge < -0.3 is 18.9 Å². The molecule has 30 heavy (non-hydrogen) atoms. The summed E-state index contributed by atoms with van der Waals surface area (Å²) in [7, 11) is 3.37.